The molecule has 5 heteroatoms. The van der Waals surface area contributed by atoms with Crippen LogP contribution in [0.2, 0.25) is 0 Å². The predicted molar refractivity (Wildman–Crippen MR) is 54.5 cm³/mol. The highest BCUT2D eigenvalue weighted by Gasteiger charge is 2.07. The molecule has 0 bridgehead atoms. The summed E-state index contributed by atoms with van der Waals surface area (Å²) < 4.78 is 12.7. The summed E-state index contributed by atoms with van der Waals surface area (Å²) in [6.07, 6.45) is 2.93. The van der Waals surface area contributed by atoms with Crippen molar-refractivity contribution in [3.05, 3.63) is 35.9 Å². The van der Waals surface area contributed by atoms with Crippen molar-refractivity contribution in [2.45, 2.75) is 6.54 Å². The molecule has 0 atom stereocenters. The molecule has 4 nitrogen and oxygen atoms in total. The Morgan fingerprint density at radius 2 is 2.27 bits per heavy atom. The van der Waals surface area contributed by atoms with E-state index >= 15 is 0 Å². The normalized spacial score (nSPS) is 10.5. The largest absolute Gasteiger partial charge is 0.316 e. The van der Waals surface area contributed by atoms with Gasteiger partial charge in [0.05, 0.1) is 23.8 Å². The average Bonchev–Trinajstić information content (AvgIpc) is 2.68. The Hall–Kier alpha value is -1.75. The third-order valence-electron chi connectivity index (χ3n) is 2.07. The molecular formula is C10H11FN4. The molecule has 0 saturated carbocycles. The molecule has 0 saturated heterocycles. The van der Waals surface area contributed by atoms with Gasteiger partial charge in [0.25, 0.3) is 0 Å². The second-order valence-corrected chi connectivity index (χ2v) is 3.16. The minimum Gasteiger partial charge on any atom is -0.316 e. The number of halogens is 1. The van der Waals surface area contributed by atoms with Gasteiger partial charge in [0.1, 0.15) is 5.82 Å². The van der Waals surface area contributed by atoms with E-state index in [1.54, 1.807) is 12.3 Å². The number of nitrogens with one attached hydrogen (secondary N) is 2. The topological polar surface area (TPSA) is 53.6 Å². The van der Waals surface area contributed by atoms with Crippen LogP contribution in [0.15, 0.2) is 24.5 Å². The van der Waals surface area contributed by atoms with Gasteiger partial charge in [-0.1, -0.05) is 0 Å². The molecule has 0 unspecified atom stereocenters. The van der Waals surface area contributed by atoms with Crippen molar-refractivity contribution < 1.29 is 4.39 Å². The highest BCUT2D eigenvalue weighted by Crippen LogP contribution is 2.18. The van der Waals surface area contributed by atoms with Crippen LogP contribution in [0.4, 0.5) is 4.39 Å². The number of hydrogen-bond acceptors (Lipinski definition) is 3. The molecule has 0 aliphatic heterocycles. The van der Waals surface area contributed by atoms with Crippen LogP contribution in [0, 0.1) is 5.82 Å². The molecule has 78 valence electrons. The summed E-state index contributed by atoms with van der Waals surface area (Å²) in [4.78, 5) is 3.99. The van der Waals surface area contributed by atoms with Crippen LogP contribution in [0.1, 0.15) is 5.56 Å². The van der Waals surface area contributed by atoms with E-state index in [1.807, 2.05) is 7.05 Å². The van der Waals surface area contributed by atoms with Gasteiger partial charge in [-0.15, -0.1) is 0 Å². The number of H-pyrrole nitrogens is 1. The molecule has 0 fully saturated rings. The number of hydrogen-bond donors (Lipinski definition) is 2. The Morgan fingerprint density at radius 3 is 2.93 bits per heavy atom. The Bertz CT molecular complexity index is 435. The molecule has 15 heavy (non-hydrogen) atoms. The zero-order valence-corrected chi connectivity index (χ0v) is 8.29. The zero-order valence-electron chi connectivity index (χ0n) is 8.29. The maximum Gasteiger partial charge on any atom is 0.141 e. The maximum absolute atomic E-state index is 12.7. The summed E-state index contributed by atoms with van der Waals surface area (Å²) in [7, 11) is 1.86. The number of rotatable bonds is 3. The fourth-order valence-corrected chi connectivity index (χ4v) is 1.38. The minimum atomic E-state index is -0.339. The van der Waals surface area contributed by atoms with Crippen molar-refractivity contribution in [2.24, 2.45) is 0 Å². The van der Waals surface area contributed by atoms with Crippen molar-refractivity contribution in [1.29, 1.82) is 0 Å². The molecule has 2 aromatic heterocycles. The van der Waals surface area contributed by atoms with Gasteiger partial charge < -0.3 is 5.32 Å². The molecule has 0 aliphatic rings. The predicted octanol–water partition coefficient (Wildman–Crippen LogP) is 1.33. The molecule has 2 N–H and O–H groups in total. The fraction of sp³-hybridized carbons (Fsp3) is 0.200. The molecule has 0 spiro atoms. The first-order valence-electron chi connectivity index (χ1n) is 4.60. The molecule has 0 aliphatic carbocycles. The van der Waals surface area contributed by atoms with Gasteiger partial charge in [0, 0.05) is 12.1 Å². The third-order valence-corrected chi connectivity index (χ3v) is 2.07. The highest BCUT2D eigenvalue weighted by atomic mass is 19.1. The van der Waals surface area contributed by atoms with Crippen LogP contribution >= 0.6 is 0 Å². The first kappa shape index (κ1) is 9.79. The van der Waals surface area contributed by atoms with E-state index in [0.717, 1.165) is 11.3 Å². The van der Waals surface area contributed by atoms with Crippen LogP contribution in [0.3, 0.4) is 0 Å². The lowest BCUT2D eigenvalue weighted by Crippen LogP contribution is -2.05. The summed E-state index contributed by atoms with van der Waals surface area (Å²) in [5.41, 5.74) is 2.53. The van der Waals surface area contributed by atoms with Gasteiger partial charge >= 0.3 is 0 Å². The summed E-state index contributed by atoms with van der Waals surface area (Å²) in [6.45, 7) is 0.699. The lowest BCUT2D eigenvalue weighted by molar-refractivity contribution is 0.621. The third kappa shape index (κ3) is 2.02. The quantitative estimate of drug-likeness (QED) is 0.796. The minimum absolute atomic E-state index is 0.339. The second-order valence-electron chi connectivity index (χ2n) is 3.16. The second kappa shape index (κ2) is 4.18. The Morgan fingerprint density at radius 1 is 1.40 bits per heavy atom. The molecule has 2 aromatic rings. The molecule has 0 amide bonds. The average molecular weight is 206 g/mol. The van der Waals surface area contributed by atoms with E-state index in [9.17, 15) is 4.39 Å². The lowest BCUT2D eigenvalue weighted by Gasteiger charge is -2.01. The van der Waals surface area contributed by atoms with Crippen molar-refractivity contribution in [3.8, 4) is 11.4 Å². The first-order valence-corrected chi connectivity index (χ1v) is 4.60. The summed E-state index contributed by atoms with van der Waals surface area (Å²) in [6, 6.07) is 3.01. The standard InChI is InChI=1S/C10H11FN4/c1-12-4-7-5-14-15-10(7)9-3-2-8(11)6-13-9/h2-3,5-6,12H,4H2,1H3,(H,14,15). The molecular weight excluding hydrogens is 195 g/mol. The van der Waals surface area contributed by atoms with Gasteiger partial charge in [-0.05, 0) is 19.2 Å². The first-order chi connectivity index (χ1) is 7.31. The zero-order chi connectivity index (χ0) is 10.7. The SMILES string of the molecule is CNCc1cn[nH]c1-c1ccc(F)cn1. The number of nitrogens with zero attached hydrogens (tertiary/aromatic N) is 2. The lowest BCUT2D eigenvalue weighted by atomic mass is 10.2. The van der Waals surface area contributed by atoms with Crippen LogP contribution < -0.4 is 5.32 Å². The monoisotopic (exact) mass is 206 g/mol. The van der Waals surface area contributed by atoms with E-state index in [1.165, 1.54) is 12.3 Å². The van der Waals surface area contributed by atoms with E-state index in [2.05, 4.69) is 20.5 Å². The van der Waals surface area contributed by atoms with Crippen LogP contribution in [-0.4, -0.2) is 22.2 Å². The molecule has 0 radical (unpaired) electrons. The van der Waals surface area contributed by atoms with E-state index in [-0.39, 0.29) is 5.82 Å². The number of aromatic nitrogens is 3. The van der Waals surface area contributed by atoms with E-state index in [4.69, 9.17) is 0 Å². The summed E-state index contributed by atoms with van der Waals surface area (Å²) in [5.74, 6) is -0.339. The van der Waals surface area contributed by atoms with E-state index in [0.29, 0.717) is 12.2 Å². The molecule has 0 aromatic carbocycles. The highest BCUT2D eigenvalue weighted by molar-refractivity contribution is 5.57. The van der Waals surface area contributed by atoms with Crippen LogP contribution in [-0.2, 0) is 6.54 Å². The van der Waals surface area contributed by atoms with Gasteiger partial charge in [-0.25, -0.2) is 4.39 Å². The van der Waals surface area contributed by atoms with Crippen molar-refractivity contribution in [2.75, 3.05) is 7.05 Å². The Labute approximate surface area is 86.6 Å². The van der Waals surface area contributed by atoms with Crippen molar-refractivity contribution in [3.63, 3.8) is 0 Å². The van der Waals surface area contributed by atoms with Gasteiger partial charge in [0.15, 0.2) is 0 Å². The number of aromatic amines is 1. The van der Waals surface area contributed by atoms with Crippen LogP contribution in [0.5, 0.6) is 0 Å². The van der Waals surface area contributed by atoms with Gasteiger partial charge in [0.2, 0.25) is 0 Å². The van der Waals surface area contributed by atoms with Gasteiger partial charge in [-0.2, -0.15) is 5.10 Å². The summed E-state index contributed by atoms with van der Waals surface area (Å²) >= 11 is 0. The molecule has 2 heterocycles. The van der Waals surface area contributed by atoms with Crippen molar-refractivity contribution in [1.82, 2.24) is 20.5 Å². The Kier molecular flexibility index (Phi) is 2.73. The fourth-order valence-electron chi connectivity index (χ4n) is 1.38. The van der Waals surface area contributed by atoms with Crippen molar-refractivity contribution >= 4 is 0 Å². The van der Waals surface area contributed by atoms with Gasteiger partial charge in [-0.3, -0.25) is 10.1 Å². The number of pyridine rings is 1. The Balaban J connectivity index is 2.36. The smallest absolute Gasteiger partial charge is 0.141 e. The van der Waals surface area contributed by atoms with Crippen LogP contribution in [0.25, 0.3) is 11.4 Å². The maximum atomic E-state index is 12.7. The summed E-state index contributed by atoms with van der Waals surface area (Å²) in [5, 5.41) is 9.82. The van der Waals surface area contributed by atoms with E-state index < -0.39 is 0 Å². The molecule has 2 rings (SSSR count).